The van der Waals surface area contributed by atoms with Gasteiger partial charge in [0.25, 0.3) is 0 Å². The molecule has 3 rings (SSSR count). The number of nitrogens with zero attached hydrogens (tertiary/aromatic N) is 1. The summed E-state index contributed by atoms with van der Waals surface area (Å²) in [7, 11) is 3.52. The average molecular weight is 298 g/mol. The van der Waals surface area contributed by atoms with Crippen LogP contribution in [0.1, 0.15) is 28.4 Å². The van der Waals surface area contributed by atoms with E-state index in [1.165, 1.54) is 22.3 Å². The van der Waals surface area contributed by atoms with Gasteiger partial charge >= 0.3 is 0 Å². The van der Waals surface area contributed by atoms with Crippen LogP contribution in [0.15, 0.2) is 48.5 Å². The lowest BCUT2D eigenvalue weighted by Gasteiger charge is -2.24. The summed E-state index contributed by atoms with van der Waals surface area (Å²) in [5.41, 5.74) is 5.24. The van der Waals surface area contributed by atoms with Gasteiger partial charge in [-0.25, -0.2) is 5.21 Å². The van der Waals surface area contributed by atoms with E-state index in [-0.39, 0.29) is 10.8 Å². The molecule has 0 radical (unpaired) electrons. The van der Waals surface area contributed by atoms with E-state index in [0.717, 1.165) is 12.8 Å². The summed E-state index contributed by atoms with van der Waals surface area (Å²) < 4.78 is 6.14. The van der Waals surface area contributed by atoms with Gasteiger partial charge in [-0.15, -0.1) is 0 Å². The van der Waals surface area contributed by atoms with Gasteiger partial charge in [0.05, 0.1) is 20.7 Å². The van der Waals surface area contributed by atoms with Gasteiger partial charge in [0.15, 0.2) is 0 Å². The molecule has 3 heteroatoms. The Morgan fingerprint density at radius 3 is 1.95 bits per heavy atom. The molecule has 0 aliphatic heterocycles. The Morgan fingerprint density at radius 1 is 0.955 bits per heavy atom. The van der Waals surface area contributed by atoms with E-state index in [2.05, 4.69) is 48.5 Å². The van der Waals surface area contributed by atoms with Crippen molar-refractivity contribution in [2.45, 2.75) is 18.9 Å². The quantitative estimate of drug-likeness (QED) is 0.693. The van der Waals surface area contributed by atoms with Crippen molar-refractivity contribution >= 4 is 0 Å². The molecule has 1 aliphatic carbocycles. The highest BCUT2D eigenvalue weighted by atomic mass is 16.5. The Morgan fingerprint density at radius 2 is 1.45 bits per heavy atom. The standard InChI is InChI=1S/C19H24NO2/c1-20(2,21)13-14-22-19-17-9-5-3-7-15(17)11-12-16-8-4-6-10-18(16)19/h3-10,19,21H,11-14H2,1-2H3/q+1. The first-order valence-corrected chi connectivity index (χ1v) is 7.87. The van der Waals surface area contributed by atoms with Crippen molar-refractivity contribution in [2.75, 3.05) is 27.2 Å². The molecule has 1 aliphatic rings. The van der Waals surface area contributed by atoms with Crippen LogP contribution in [0.25, 0.3) is 0 Å². The number of fused-ring (bicyclic) bond motifs is 2. The Kier molecular flexibility index (Phi) is 4.30. The first-order chi connectivity index (χ1) is 10.5. The van der Waals surface area contributed by atoms with Gasteiger partial charge in [-0.2, -0.15) is 4.65 Å². The number of aryl methyl sites for hydroxylation is 2. The van der Waals surface area contributed by atoms with Crippen LogP contribution in [-0.4, -0.2) is 37.1 Å². The van der Waals surface area contributed by atoms with Crippen molar-refractivity contribution in [2.24, 2.45) is 0 Å². The lowest BCUT2D eigenvalue weighted by atomic mass is 9.97. The zero-order valence-electron chi connectivity index (χ0n) is 13.3. The minimum atomic E-state index is -0.0734. The third-order valence-electron chi connectivity index (χ3n) is 4.26. The predicted octanol–water partition coefficient (Wildman–Crippen LogP) is 3.36. The van der Waals surface area contributed by atoms with E-state index in [4.69, 9.17) is 4.74 Å². The van der Waals surface area contributed by atoms with E-state index in [1.807, 2.05) is 0 Å². The Bertz CT molecular complexity index is 598. The van der Waals surface area contributed by atoms with E-state index >= 15 is 0 Å². The number of rotatable bonds is 4. The van der Waals surface area contributed by atoms with Gasteiger partial charge in [-0.05, 0) is 35.1 Å². The molecule has 2 aromatic rings. The molecule has 0 amide bonds. The number of hydrogen-bond acceptors (Lipinski definition) is 2. The number of hydrogen-bond donors (Lipinski definition) is 1. The molecule has 0 saturated carbocycles. The second-order valence-corrected chi connectivity index (χ2v) is 6.49. The Balaban J connectivity index is 1.92. The molecule has 22 heavy (non-hydrogen) atoms. The van der Waals surface area contributed by atoms with Gasteiger partial charge in [-0.3, -0.25) is 0 Å². The largest absolute Gasteiger partial charge is 0.363 e. The van der Waals surface area contributed by atoms with Crippen molar-refractivity contribution < 1.29 is 14.6 Å². The van der Waals surface area contributed by atoms with Gasteiger partial charge in [0.1, 0.15) is 12.6 Å². The Hall–Kier alpha value is -1.68. The highest BCUT2D eigenvalue weighted by Crippen LogP contribution is 2.34. The second kappa shape index (κ2) is 6.21. The average Bonchev–Trinajstić information content (AvgIpc) is 2.64. The van der Waals surface area contributed by atoms with Crippen LogP contribution in [0, 0.1) is 0 Å². The number of hydroxylamine groups is 3. The summed E-state index contributed by atoms with van der Waals surface area (Å²) in [4.78, 5) is 0. The zero-order chi connectivity index (χ0) is 15.6. The summed E-state index contributed by atoms with van der Waals surface area (Å²) in [5.74, 6) is 0. The summed E-state index contributed by atoms with van der Waals surface area (Å²) in [5, 5.41) is 9.85. The summed E-state index contributed by atoms with van der Waals surface area (Å²) in [6, 6.07) is 17.1. The zero-order valence-corrected chi connectivity index (χ0v) is 13.3. The Labute approximate surface area is 132 Å². The van der Waals surface area contributed by atoms with Crippen LogP contribution in [0.4, 0.5) is 0 Å². The van der Waals surface area contributed by atoms with E-state index in [0.29, 0.717) is 13.2 Å². The lowest BCUT2D eigenvalue weighted by molar-refractivity contribution is -1.07. The first kappa shape index (κ1) is 15.2. The van der Waals surface area contributed by atoms with Gasteiger partial charge in [0, 0.05) is 0 Å². The number of benzene rings is 2. The summed E-state index contributed by atoms with van der Waals surface area (Å²) >= 11 is 0. The highest BCUT2D eigenvalue weighted by Gasteiger charge is 2.24. The van der Waals surface area contributed by atoms with Crippen molar-refractivity contribution in [3.8, 4) is 0 Å². The van der Waals surface area contributed by atoms with Crippen LogP contribution in [0.5, 0.6) is 0 Å². The maximum absolute atomic E-state index is 9.85. The smallest absolute Gasteiger partial charge is 0.132 e. The van der Waals surface area contributed by atoms with Gasteiger partial charge in [-0.1, -0.05) is 48.5 Å². The van der Waals surface area contributed by atoms with Crippen molar-refractivity contribution in [1.29, 1.82) is 0 Å². The van der Waals surface area contributed by atoms with E-state index < -0.39 is 0 Å². The molecule has 0 atom stereocenters. The molecule has 0 saturated heterocycles. The predicted molar refractivity (Wildman–Crippen MR) is 86.8 cm³/mol. The van der Waals surface area contributed by atoms with Crippen LogP contribution in [-0.2, 0) is 17.6 Å². The normalized spacial score (nSPS) is 15.0. The SMILES string of the molecule is C[N+](C)(O)CCOC1c2ccccc2CCc2ccccc21. The molecule has 0 unspecified atom stereocenters. The molecule has 0 heterocycles. The van der Waals surface area contributed by atoms with Crippen LogP contribution in [0.2, 0.25) is 0 Å². The topological polar surface area (TPSA) is 29.5 Å². The molecule has 1 N–H and O–H groups in total. The van der Waals surface area contributed by atoms with Crippen LogP contribution < -0.4 is 0 Å². The maximum atomic E-state index is 9.85. The van der Waals surface area contributed by atoms with Gasteiger partial charge in [0.2, 0.25) is 0 Å². The summed E-state index contributed by atoms with van der Waals surface area (Å²) in [6.07, 6.45) is 2.06. The number of likely N-dealkylation sites (N-methyl/N-ethyl adjacent to an activating group) is 1. The number of quaternary nitrogens is 1. The fraction of sp³-hybridized carbons (Fsp3) is 0.368. The summed E-state index contributed by atoms with van der Waals surface area (Å²) in [6.45, 7) is 1.09. The fourth-order valence-corrected chi connectivity index (χ4v) is 3.05. The van der Waals surface area contributed by atoms with E-state index in [9.17, 15) is 5.21 Å². The van der Waals surface area contributed by atoms with Gasteiger partial charge < -0.3 is 4.74 Å². The molecular formula is C19H24NO2+. The highest BCUT2D eigenvalue weighted by molar-refractivity contribution is 5.43. The third-order valence-corrected chi connectivity index (χ3v) is 4.26. The molecule has 2 aromatic carbocycles. The molecule has 3 nitrogen and oxygen atoms in total. The monoisotopic (exact) mass is 298 g/mol. The van der Waals surface area contributed by atoms with Crippen molar-refractivity contribution in [3.63, 3.8) is 0 Å². The second-order valence-electron chi connectivity index (χ2n) is 6.49. The van der Waals surface area contributed by atoms with Crippen LogP contribution in [0.3, 0.4) is 0 Å². The van der Waals surface area contributed by atoms with Crippen molar-refractivity contribution in [1.82, 2.24) is 0 Å². The molecule has 116 valence electrons. The van der Waals surface area contributed by atoms with E-state index in [1.54, 1.807) is 14.1 Å². The third kappa shape index (κ3) is 3.38. The molecule has 0 aromatic heterocycles. The van der Waals surface area contributed by atoms with Crippen LogP contribution >= 0.6 is 0 Å². The minimum absolute atomic E-state index is 0.0403. The first-order valence-electron chi connectivity index (χ1n) is 7.87. The molecule has 0 spiro atoms. The molecule has 0 fully saturated rings. The fourth-order valence-electron chi connectivity index (χ4n) is 3.05. The minimum Gasteiger partial charge on any atom is -0.363 e. The molecular weight excluding hydrogens is 274 g/mol. The molecule has 0 bridgehead atoms. The van der Waals surface area contributed by atoms with Crippen molar-refractivity contribution in [3.05, 3.63) is 70.8 Å². The number of ether oxygens (including phenoxy) is 1. The maximum Gasteiger partial charge on any atom is 0.132 e. The lowest BCUT2D eigenvalue weighted by Crippen LogP contribution is -2.38.